The number of fused-ring (bicyclic) bond motifs is 3. The van der Waals surface area contributed by atoms with Gasteiger partial charge >= 0.3 is 5.97 Å². The van der Waals surface area contributed by atoms with Crippen LogP contribution in [0.1, 0.15) is 58.5 Å². The summed E-state index contributed by atoms with van der Waals surface area (Å²) < 4.78 is 2.03. The van der Waals surface area contributed by atoms with E-state index in [1.54, 1.807) is 16.2 Å². The van der Waals surface area contributed by atoms with Crippen LogP contribution in [0.25, 0.3) is 5.00 Å². The molecule has 0 spiro atoms. The summed E-state index contributed by atoms with van der Waals surface area (Å²) in [6, 6.07) is 7.07. The van der Waals surface area contributed by atoms with Gasteiger partial charge in [-0.15, -0.1) is 21.5 Å². The van der Waals surface area contributed by atoms with Crippen molar-refractivity contribution in [3.8, 4) is 5.00 Å². The van der Waals surface area contributed by atoms with Gasteiger partial charge in [0.2, 0.25) is 5.91 Å². The Morgan fingerprint density at radius 1 is 1.11 bits per heavy atom. The second-order valence-electron chi connectivity index (χ2n) is 9.10. The van der Waals surface area contributed by atoms with Gasteiger partial charge in [0.15, 0.2) is 5.82 Å². The number of carbonyl (C=O) groups excluding carboxylic acids is 1. The number of benzene rings is 1. The molecule has 2 aliphatic rings. The summed E-state index contributed by atoms with van der Waals surface area (Å²) in [6.07, 6.45) is 1.08. The van der Waals surface area contributed by atoms with Gasteiger partial charge in [0.1, 0.15) is 16.9 Å². The van der Waals surface area contributed by atoms with E-state index in [2.05, 4.69) is 24.0 Å². The standard InChI is InChI=1S/C25H26ClN5O3S/c1-13-14(2)35-24-21(13)22(16-4-6-18(26)7-5-16)27-19(23-29-28-15(3)31(23)24)12-20(32)30-10-8-17(9-11-30)25(33)34/h4-7,17,19H,8-12H2,1-3H3,(H,33,34)/t19-/m0/s1. The fourth-order valence-electron chi connectivity index (χ4n) is 4.80. The predicted molar refractivity (Wildman–Crippen MR) is 135 cm³/mol. The van der Waals surface area contributed by atoms with Gasteiger partial charge < -0.3 is 10.0 Å². The summed E-state index contributed by atoms with van der Waals surface area (Å²) in [7, 11) is 0. The zero-order valence-electron chi connectivity index (χ0n) is 19.8. The summed E-state index contributed by atoms with van der Waals surface area (Å²) in [6.45, 7) is 6.97. The van der Waals surface area contributed by atoms with E-state index < -0.39 is 12.0 Å². The number of hydrogen-bond donors (Lipinski definition) is 1. The number of carboxylic acid groups (broad SMARTS) is 1. The first-order valence-corrected chi connectivity index (χ1v) is 12.8. The van der Waals surface area contributed by atoms with Gasteiger partial charge in [-0.1, -0.05) is 23.7 Å². The number of amides is 1. The van der Waals surface area contributed by atoms with E-state index in [9.17, 15) is 14.7 Å². The summed E-state index contributed by atoms with van der Waals surface area (Å²) in [5.41, 5.74) is 3.90. The molecule has 2 aliphatic heterocycles. The first kappa shape index (κ1) is 23.7. The van der Waals surface area contributed by atoms with Crippen molar-refractivity contribution < 1.29 is 14.7 Å². The number of nitrogens with zero attached hydrogens (tertiary/aromatic N) is 5. The van der Waals surface area contributed by atoms with E-state index in [-0.39, 0.29) is 18.2 Å². The molecule has 0 bridgehead atoms. The molecule has 8 nitrogen and oxygen atoms in total. The van der Waals surface area contributed by atoms with Crippen LogP contribution in [-0.2, 0) is 9.59 Å². The molecule has 1 N–H and O–H groups in total. The van der Waals surface area contributed by atoms with Crippen LogP contribution in [0.5, 0.6) is 0 Å². The van der Waals surface area contributed by atoms with Crippen LogP contribution < -0.4 is 0 Å². The van der Waals surface area contributed by atoms with Crippen molar-refractivity contribution in [2.24, 2.45) is 10.9 Å². The van der Waals surface area contributed by atoms with E-state index in [0.29, 0.717) is 36.8 Å². The molecule has 2 aromatic heterocycles. The number of carbonyl (C=O) groups is 2. The highest BCUT2D eigenvalue weighted by Gasteiger charge is 2.34. The van der Waals surface area contributed by atoms with Crippen LogP contribution in [0.3, 0.4) is 0 Å². The van der Waals surface area contributed by atoms with Gasteiger partial charge in [0.25, 0.3) is 0 Å². The fraction of sp³-hybridized carbons (Fsp3) is 0.400. The SMILES string of the molecule is Cc1sc2c(c1C)C(c1ccc(Cl)cc1)=N[C@@H](CC(=O)N1CCC(C(=O)O)CC1)c1nnc(C)n1-2. The molecule has 182 valence electrons. The topological polar surface area (TPSA) is 101 Å². The van der Waals surface area contributed by atoms with Crippen molar-refractivity contribution in [3.05, 3.63) is 62.5 Å². The van der Waals surface area contributed by atoms with Crippen LogP contribution in [-0.4, -0.2) is 55.4 Å². The van der Waals surface area contributed by atoms with Crippen LogP contribution in [0, 0.1) is 26.7 Å². The molecule has 0 unspecified atom stereocenters. The number of halogens is 1. The minimum absolute atomic E-state index is 0.0524. The van der Waals surface area contributed by atoms with E-state index >= 15 is 0 Å². The normalized spacial score (nSPS) is 18.0. The average Bonchev–Trinajstić information content (AvgIpc) is 3.31. The maximum absolute atomic E-state index is 13.3. The Labute approximate surface area is 212 Å². The van der Waals surface area contributed by atoms with Crippen LogP contribution in [0.15, 0.2) is 29.3 Å². The lowest BCUT2D eigenvalue weighted by Gasteiger charge is -2.30. The highest BCUT2D eigenvalue weighted by atomic mass is 35.5. The van der Waals surface area contributed by atoms with Crippen molar-refractivity contribution in [2.45, 2.75) is 46.1 Å². The Morgan fingerprint density at radius 3 is 2.46 bits per heavy atom. The van der Waals surface area contributed by atoms with Crippen LogP contribution in [0.2, 0.25) is 5.02 Å². The minimum atomic E-state index is -0.793. The Balaban J connectivity index is 1.56. The predicted octanol–water partition coefficient (Wildman–Crippen LogP) is 4.51. The second-order valence-corrected chi connectivity index (χ2v) is 10.7. The molecule has 35 heavy (non-hydrogen) atoms. The number of likely N-dealkylation sites (tertiary alicyclic amines) is 1. The van der Waals surface area contributed by atoms with Crippen molar-refractivity contribution in [1.82, 2.24) is 19.7 Å². The van der Waals surface area contributed by atoms with E-state index in [1.807, 2.05) is 35.8 Å². The van der Waals surface area contributed by atoms with E-state index in [4.69, 9.17) is 16.6 Å². The zero-order chi connectivity index (χ0) is 24.9. The van der Waals surface area contributed by atoms with Gasteiger partial charge in [-0.3, -0.25) is 19.1 Å². The summed E-state index contributed by atoms with van der Waals surface area (Å²) in [4.78, 5) is 32.7. The molecule has 4 heterocycles. The molecule has 0 saturated carbocycles. The van der Waals surface area contributed by atoms with Crippen molar-refractivity contribution in [3.63, 3.8) is 0 Å². The van der Waals surface area contributed by atoms with Crippen molar-refractivity contribution in [1.29, 1.82) is 0 Å². The smallest absolute Gasteiger partial charge is 0.306 e. The zero-order valence-corrected chi connectivity index (χ0v) is 21.4. The first-order chi connectivity index (χ1) is 16.7. The Morgan fingerprint density at radius 2 is 1.80 bits per heavy atom. The van der Waals surface area contributed by atoms with Gasteiger partial charge in [0.05, 0.1) is 18.1 Å². The van der Waals surface area contributed by atoms with Gasteiger partial charge in [-0.25, -0.2) is 0 Å². The molecule has 1 atom stereocenters. The third kappa shape index (κ3) is 4.27. The Kier molecular flexibility index (Phi) is 6.23. The van der Waals surface area contributed by atoms with Crippen LogP contribution >= 0.6 is 22.9 Å². The second kappa shape index (κ2) is 9.20. The summed E-state index contributed by atoms with van der Waals surface area (Å²) in [5.74, 6) is 0.152. The van der Waals surface area contributed by atoms with Crippen LogP contribution in [0.4, 0.5) is 0 Å². The molecule has 1 saturated heterocycles. The molecule has 1 amide bonds. The number of carboxylic acids is 1. The number of aryl methyl sites for hydroxylation is 2. The minimum Gasteiger partial charge on any atom is -0.481 e. The maximum atomic E-state index is 13.3. The number of aromatic nitrogens is 3. The number of aliphatic imine (C=N–C) groups is 1. The molecule has 5 rings (SSSR count). The number of aliphatic carboxylic acids is 1. The first-order valence-electron chi connectivity index (χ1n) is 11.6. The Hall–Kier alpha value is -3.04. The van der Waals surface area contributed by atoms with E-state index in [1.165, 1.54) is 4.88 Å². The lowest BCUT2D eigenvalue weighted by atomic mass is 9.96. The molecule has 1 fully saturated rings. The molecular weight excluding hydrogens is 486 g/mol. The molecule has 0 aliphatic carbocycles. The van der Waals surface area contributed by atoms with Gasteiger partial charge in [-0.05, 0) is 51.3 Å². The third-order valence-corrected chi connectivity index (χ3v) is 8.37. The van der Waals surface area contributed by atoms with Gasteiger partial charge in [-0.2, -0.15) is 0 Å². The highest BCUT2D eigenvalue weighted by Crippen LogP contribution is 2.39. The average molecular weight is 512 g/mol. The fourth-order valence-corrected chi connectivity index (χ4v) is 6.14. The molecule has 10 heteroatoms. The van der Waals surface area contributed by atoms with Crippen molar-refractivity contribution in [2.75, 3.05) is 13.1 Å². The third-order valence-electron chi connectivity index (χ3n) is 6.92. The van der Waals surface area contributed by atoms with Crippen molar-refractivity contribution >= 4 is 40.5 Å². The number of hydrogen-bond acceptors (Lipinski definition) is 6. The maximum Gasteiger partial charge on any atom is 0.306 e. The molecule has 3 aromatic rings. The summed E-state index contributed by atoms with van der Waals surface area (Å²) in [5, 5.41) is 19.7. The van der Waals surface area contributed by atoms with E-state index in [0.717, 1.165) is 33.2 Å². The number of piperidine rings is 1. The molecular formula is C25H26ClN5O3S. The summed E-state index contributed by atoms with van der Waals surface area (Å²) >= 11 is 7.83. The monoisotopic (exact) mass is 511 g/mol. The Bertz CT molecular complexity index is 1340. The lowest BCUT2D eigenvalue weighted by molar-refractivity contribution is -0.145. The molecule has 1 aromatic carbocycles. The molecule has 0 radical (unpaired) electrons. The highest BCUT2D eigenvalue weighted by molar-refractivity contribution is 7.15. The largest absolute Gasteiger partial charge is 0.481 e. The lowest BCUT2D eigenvalue weighted by Crippen LogP contribution is -2.40. The van der Waals surface area contributed by atoms with Gasteiger partial charge in [0, 0.05) is 34.1 Å². The quantitative estimate of drug-likeness (QED) is 0.555. The number of thiophene rings is 1. The number of rotatable bonds is 4.